The molecule has 2 aromatic heterocycles. The van der Waals surface area contributed by atoms with Crippen molar-refractivity contribution in [1.29, 1.82) is 0 Å². The maximum atomic E-state index is 13.0. The molecule has 0 saturated heterocycles. The molecule has 0 spiro atoms. The Labute approximate surface area is 155 Å². The summed E-state index contributed by atoms with van der Waals surface area (Å²) >= 11 is 0. The van der Waals surface area contributed by atoms with Crippen molar-refractivity contribution in [3.05, 3.63) is 59.2 Å². The second-order valence-corrected chi connectivity index (χ2v) is 6.96. The number of nitrogens with one attached hydrogen (secondary N) is 2. The molecule has 0 aliphatic heterocycles. The number of aromatic nitrogens is 3. The summed E-state index contributed by atoms with van der Waals surface area (Å²) in [4.78, 5) is 11.9. The van der Waals surface area contributed by atoms with Crippen LogP contribution in [-0.2, 0) is 19.0 Å². The van der Waals surface area contributed by atoms with E-state index in [2.05, 4.69) is 20.3 Å². The topological polar surface area (TPSA) is 53.6 Å². The van der Waals surface area contributed by atoms with Crippen LogP contribution in [0.2, 0.25) is 0 Å². The van der Waals surface area contributed by atoms with Crippen LogP contribution in [0.25, 0.3) is 11.0 Å². The molecule has 4 nitrogen and oxygen atoms in total. The summed E-state index contributed by atoms with van der Waals surface area (Å²) in [5, 5.41) is 3.41. The van der Waals surface area contributed by atoms with Crippen LogP contribution in [0.1, 0.15) is 47.9 Å². The highest BCUT2D eigenvalue weighted by atomic mass is 19.4. The van der Waals surface area contributed by atoms with Crippen molar-refractivity contribution in [1.82, 2.24) is 20.3 Å². The van der Waals surface area contributed by atoms with Gasteiger partial charge in [0.1, 0.15) is 5.82 Å². The van der Waals surface area contributed by atoms with Crippen molar-refractivity contribution in [2.75, 3.05) is 6.54 Å². The van der Waals surface area contributed by atoms with Gasteiger partial charge in [-0.05, 0) is 56.0 Å². The Balaban J connectivity index is 1.38. The summed E-state index contributed by atoms with van der Waals surface area (Å²) in [6.45, 7) is 0.720. The molecular formula is C20H21F3N4. The van der Waals surface area contributed by atoms with Crippen LogP contribution in [0.4, 0.5) is 13.2 Å². The van der Waals surface area contributed by atoms with E-state index in [1.54, 1.807) is 0 Å². The minimum atomic E-state index is -4.36. The summed E-state index contributed by atoms with van der Waals surface area (Å²) in [6.07, 6.45) is 0.756. The molecule has 2 N–H and O–H groups in total. The molecule has 7 heteroatoms. The second-order valence-electron chi connectivity index (χ2n) is 6.96. The summed E-state index contributed by atoms with van der Waals surface area (Å²) in [5.41, 5.74) is 2.78. The van der Waals surface area contributed by atoms with Crippen molar-refractivity contribution in [3.63, 3.8) is 0 Å². The predicted molar refractivity (Wildman–Crippen MR) is 97.3 cm³/mol. The smallest absolute Gasteiger partial charge is 0.342 e. The number of aromatic amines is 1. The Bertz CT molecular complexity index is 899. The Kier molecular flexibility index (Phi) is 4.86. The molecule has 1 aliphatic carbocycles. The number of benzene rings is 1. The van der Waals surface area contributed by atoms with E-state index in [0.717, 1.165) is 67.4 Å². The standard InChI is InChI=1S/C20H21F3N4/c21-20(22,23)13-11-14-15(7-3-8-16(14)25-12-13)24-10-4-9-19-26-17-5-1-2-6-18(17)27-19/h1-2,5-6,11-12,15,24H,3-4,7-10H2,(H,26,27)/t15-/m0/s1. The molecule has 3 aromatic rings. The Morgan fingerprint density at radius 3 is 2.89 bits per heavy atom. The van der Waals surface area contributed by atoms with E-state index in [4.69, 9.17) is 0 Å². The number of pyridine rings is 1. The van der Waals surface area contributed by atoms with Gasteiger partial charge in [-0.15, -0.1) is 0 Å². The molecule has 27 heavy (non-hydrogen) atoms. The molecule has 0 bridgehead atoms. The number of alkyl halides is 3. The molecule has 0 fully saturated rings. The number of para-hydroxylation sites is 2. The molecule has 1 aliphatic rings. The quantitative estimate of drug-likeness (QED) is 0.643. The van der Waals surface area contributed by atoms with Gasteiger partial charge in [0.25, 0.3) is 0 Å². The van der Waals surface area contributed by atoms with Crippen molar-refractivity contribution in [3.8, 4) is 0 Å². The van der Waals surface area contributed by atoms with Crippen LogP contribution < -0.4 is 5.32 Å². The number of aryl methyl sites for hydroxylation is 2. The number of rotatable bonds is 5. The maximum Gasteiger partial charge on any atom is 0.417 e. The minimum absolute atomic E-state index is 0.0702. The summed E-state index contributed by atoms with van der Waals surface area (Å²) in [6, 6.07) is 9.08. The monoisotopic (exact) mass is 374 g/mol. The molecule has 1 atom stereocenters. The van der Waals surface area contributed by atoms with E-state index in [9.17, 15) is 13.2 Å². The lowest BCUT2D eigenvalue weighted by molar-refractivity contribution is -0.137. The molecule has 4 rings (SSSR count). The first kappa shape index (κ1) is 18.0. The van der Waals surface area contributed by atoms with Gasteiger partial charge in [0.05, 0.1) is 16.6 Å². The highest BCUT2D eigenvalue weighted by molar-refractivity contribution is 5.74. The lowest BCUT2D eigenvalue weighted by Crippen LogP contribution is -2.27. The van der Waals surface area contributed by atoms with E-state index in [-0.39, 0.29) is 6.04 Å². The van der Waals surface area contributed by atoms with Gasteiger partial charge in [0.15, 0.2) is 0 Å². The van der Waals surface area contributed by atoms with Crippen LogP contribution in [0.3, 0.4) is 0 Å². The van der Waals surface area contributed by atoms with Gasteiger partial charge in [-0.3, -0.25) is 4.98 Å². The predicted octanol–water partition coefficient (Wildman–Crippen LogP) is 4.58. The van der Waals surface area contributed by atoms with Crippen LogP contribution in [0.5, 0.6) is 0 Å². The van der Waals surface area contributed by atoms with Gasteiger partial charge in [0.2, 0.25) is 0 Å². The molecule has 0 unspecified atom stereocenters. The Morgan fingerprint density at radius 1 is 1.22 bits per heavy atom. The highest BCUT2D eigenvalue weighted by Gasteiger charge is 2.33. The fourth-order valence-corrected chi connectivity index (χ4v) is 3.67. The van der Waals surface area contributed by atoms with Gasteiger partial charge in [-0.1, -0.05) is 12.1 Å². The second kappa shape index (κ2) is 7.31. The zero-order valence-corrected chi connectivity index (χ0v) is 14.8. The zero-order chi connectivity index (χ0) is 18.9. The molecule has 0 radical (unpaired) electrons. The van der Waals surface area contributed by atoms with Gasteiger partial charge in [-0.2, -0.15) is 13.2 Å². The van der Waals surface area contributed by atoms with E-state index >= 15 is 0 Å². The minimum Gasteiger partial charge on any atom is -0.342 e. The largest absolute Gasteiger partial charge is 0.417 e. The third-order valence-electron chi connectivity index (χ3n) is 5.03. The van der Waals surface area contributed by atoms with E-state index in [1.807, 2.05) is 24.3 Å². The van der Waals surface area contributed by atoms with Gasteiger partial charge >= 0.3 is 6.18 Å². The van der Waals surface area contributed by atoms with Gasteiger partial charge in [-0.25, -0.2) is 4.98 Å². The Hall–Kier alpha value is -2.41. The molecule has 1 aromatic carbocycles. The lowest BCUT2D eigenvalue weighted by Gasteiger charge is -2.26. The number of nitrogens with zero attached hydrogens (tertiary/aromatic N) is 2. The fraction of sp³-hybridized carbons (Fsp3) is 0.400. The average molecular weight is 374 g/mol. The van der Waals surface area contributed by atoms with E-state index < -0.39 is 11.7 Å². The molecule has 0 amide bonds. The first-order valence-electron chi connectivity index (χ1n) is 9.24. The van der Waals surface area contributed by atoms with Gasteiger partial charge < -0.3 is 10.3 Å². The SMILES string of the molecule is FC(F)(F)c1cnc2c(c1)[C@@H](NCCCc1nc3ccccc3[nH]1)CCC2. The van der Waals surface area contributed by atoms with Crippen molar-refractivity contribution in [2.24, 2.45) is 0 Å². The molecule has 2 heterocycles. The lowest BCUT2D eigenvalue weighted by atomic mass is 9.90. The average Bonchev–Trinajstić information content (AvgIpc) is 3.07. The van der Waals surface area contributed by atoms with Crippen LogP contribution in [0, 0.1) is 0 Å². The fourth-order valence-electron chi connectivity index (χ4n) is 3.67. The maximum absolute atomic E-state index is 13.0. The first-order chi connectivity index (χ1) is 13.0. The zero-order valence-electron chi connectivity index (χ0n) is 14.8. The van der Waals surface area contributed by atoms with E-state index in [1.165, 1.54) is 6.07 Å². The number of hydrogen-bond acceptors (Lipinski definition) is 3. The normalized spacial score (nSPS) is 17.2. The third kappa shape index (κ3) is 3.98. The molecule has 0 saturated carbocycles. The van der Waals surface area contributed by atoms with Crippen molar-refractivity contribution < 1.29 is 13.2 Å². The summed E-state index contributed by atoms with van der Waals surface area (Å²) in [5.74, 6) is 0.933. The summed E-state index contributed by atoms with van der Waals surface area (Å²) < 4.78 is 39.0. The number of imidazole rings is 1. The first-order valence-corrected chi connectivity index (χ1v) is 9.24. The van der Waals surface area contributed by atoms with Gasteiger partial charge in [0, 0.05) is 24.4 Å². The van der Waals surface area contributed by atoms with Crippen LogP contribution in [0.15, 0.2) is 36.5 Å². The molecule has 142 valence electrons. The summed E-state index contributed by atoms with van der Waals surface area (Å²) in [7, 11) is 0. The molecular weight excluding hydrogens is 353 g/mol. The van der Waals surface area contributed by atoms with Crippen molar-refractivity contribution >= 4 is 11.0 Å². The number of H-pyrrole nitrogens is 1. The number of halogens is 3. The third-order valence-corrected chi connectivity index (χ3v) is 5.03. The Morgan fingerprint density at radius 2 is 2.07 bits per heavy atom. The van der Waals surface area contributed by atoms with E-state index in [0.29, 0.717) is 5.56 Å². The van der Waals surface area contributed by atoms with Crippen molar-refractivity contribution in [2.45, 2.75) is 44.3 Å². The van der Waals surface area contributed by atoms with Crippen LogP contribution in [-0.4, -0.2) is 21.5 Å². The van der Waals surface area contributed by atoms with Crippen LogP contribution >= 0.6 is 0 Å². The number of hydrogen-bond donors (Lipinski definition) is 2. The number of fused-ring (bicyclic) bond motifs is 2. The highest BCUT2D eigenvalue weighted by Crippen LogP contribution is 2.34.